The van der Waals surface area contributed by atoms with Crippen molar-refractivity contribution < 1.29 is 0 Å². The molecular weight excluding hydrogens is 312 g/mol. The summed E-state index contributed by atoms with van der Waals surface area (Å²) in [6.45, 7) is 0. The third-order valence-electron chi connectivity index (χ3n) is 3.14. The molecule has 0 aliphatic rings. The number of aromatic nitrogens is 2. The minimum atomic E-state index is 0.473. The molecule has 4 heteroatoms. The van der Waals surface area contributed by atoms with Gasteiger partial charge in [0.15, 0.2) is 0 Å². The summed E-state index contributed by atoms with van der Waals surface area (Å²) in [6.07, 6.45) is 5.87. The van der Waals surface area contributed by atoms with Gasteiger partial charge in [0.1, 0.15) is 5.82 Å². The van der Waals surface area contributed by atoms with E-state index in [0.717, 1.165) is 29.0 Å². The lowest BCUT2D eigenvalue weighted by atomic mass is 9.96. The molecule has 2 nitrogen and oxygen atoms in total. The molecule has 0 aliphatic heterocycles. The summed E-state index contributed by atoms with van der Waals surface area (Å²) in [4.78, 5) is 4.35. The number of hydrogen-bond donors (Lipinski definition) is 0. The summed E-state index contributed by atoms with van der Waals surface area (Å²) in [6, 6.07) is 8.10. The second-order valence-electron chi connectivity index (χ2n) is 4.40. The lowest BCUT2D eigenvalue weighted by Crippen LogP contribution is -2.05. The lowest BCUT2D eigenvalue weighted by Gasteiger charge is -2.14. The fourth-order valence-corrected chi connectivity index (χ4v) is 2.93. The molecule has 1 heterocycles. The van der Waals surface area contributed by atoms with Crippen LogP contribution in [0, 0.1) is 0 Å². The molecule has 2 aromatic rings. The van der Waals surface area contributed by atoms with Gasteiger partial charge in [-0.2, -0.15) is 0 Å². The van der Waals surface area contributed by atoms with Crippen LogP contribution in [0.25, 0.3) is 0 Å². The standard InChI is InChI=1S/C14H16BrClN2/c1-18-8-7-17-14(18)6-5-12(10-15)11-3-2-4-13(16)9-11/h2-4,7-9,12H,5-6,10H2,1H3. The molecule has 1 atom stereocenters. The van der Waals surface area contributed by atoms with Gasteiger partial charge >= 0.3 is 0 Å². The molecule has 1 unspecified atom stereocenters. The van der Waals surface area contributed by atoms with Gasteiger partial charge in [0.25, 0.3) is 0 Å². The van der Waals surface area contributed by atoms with Gasteiger partial charge in [0.2, 0.25) is 0 Å². The fourth-order valence-electron chi connectivity index (χ4n) is 2.03. The van der Waals surface area contributed by atoms with Crippen LogP contribution < -0.4 is 0 Å². The van der Waals surface area contributed by atoms with Crippen molar-refractivity contribution in [3.05, 3.63) is 53.1 Å². The van der Waals surface area contributed by atoms with Crippen LogP contribution in [-0.4, -0.2) is 14.9 Å². The van der Waals surface area contributed by atoms with Gasteiger partial charge in [-0.3, -0.25) is 0 Å². The van der Waals surface area contributed by atoms with Gasteiger partial charge in [-0.1, -0.05) is 39.7 Å². The van der Waals surface area contributed by atoms with Crippen molar-refractivity contribution in [2.75, 3.05) is 5.33 Å². The first-order valence-electron chi connectivity index (χ1n) is 5.98. The number of aryl methyl sites for hydroxylation is 2. The summed E-state index contributed by atoms with van der Waals surface area (Å²) in [7, 11) is 2.03. The van der Waals surface area contributed by atoms with Crippen molar-refractivity contribution >= 4 is 27.5 Å². The van der Waals surface area contributed by atoms with Gasteiger partial charge in [-0.25, -0.2) is 4.98 Å². The Labute approximate surface area is 121 Å². The molecule has 0 amide bonds. The Hall–Kier alpha value is -0.800. The number of hydrogen-bond acceptors (Lipinski definition) is 1. The number of halogens is 2. The predicted molar refractivity (Wildman–Crippen MR) is 79.5 cm³/mol. The third kappa shape index (κ3) is 3.36. The van der Waals surface area contributed by atoms with Crippen molar-refractivity contribution in [3.8, 4) is 0 Å². The quantitative estimate of drug-likeness (QED) is 0.753. The average Bonchev–Trinajstić information content (AvgIpc) is 2.76. The average molecular weight is 328 g/mol. The predicted octanol–water partition coefficient (Wildman–Crippen LogP) is 4.18. The highest BCUT2D eigenvalue weighted by atomic mass is 79.9. The summed E-state index contributed by atoms with van der Waals surface area (Å²) >= 11 is 9.63. The van der Waals surface area contributed by atoms with Crippen molar-refractivity contribution in [1.82, 2.24) is 9.55 Å². The highest BCUT2D eigenvalue weighted by molar-refractivity contribution is 9.09. The normalized spacial score (nSPS) is 12.6. The van der Waals surface area contributed by atoms with Gasteiger partial charge < -0.3 is 4.57 Å². The van der Waals surface area contributed by atoms with E-state index in [-0.39, 0.29) is 0 Å². The van der Waals surface area contributed by atoms with Crippen LogP contribution in [0.5, 0.6) is 0 Å². The minimum absolute atomic E-state index is 0.473. The maximum atomic E-state index is 6.04. The molecule has 0 fully saturated rings. The highest BCUT2D eigenvalue weighted by Gasteiger charge is 2.12. The second kappa shape index (κ2) is 6.39. The molecule has 0 saturated carbocycles. The van der Waals surface area contributed by atoms with E-state index in [0.29, 0.717) is 5.92 Å². The zero-order valence-electron chi connectivity index (χ0n) is 10.3. The Morgan fingerprint density at radius 3 is 2.89 bits per heavy atom. The van der Waals surface area contributed by atoms with Crippen molar-refractivity contribution in [2.45, 2.75) is 18.8 Å². The Kier molecular flexibility index (Phi) is 4.84. The first kappa shape index (κ1) is 13.6. The lowest BCUT2D eigenvalue weighted by molar-refractivity contribution is 0.650. The van der Waals surface area contributed by atoms with E-state index in [1.807, 2.05) is 37.6 Å². The number of alkyl halides is 1. The van der Waals surface area contributed by atoms with Crippen molar-refractivity contribution in [2.24, 2.45) is 7.05 Å². The largest absolute Gasteiger partial charge is 0.338 e. The van der Waals surface area contributed by atoms with E-state index in [9.17, 15) is 0 Å². The minimum Gasteiger partial charge on any atom is -0.338 e. The molecule has 18 heavy (non-hydrogen) atoms. The Morgan fingerprint density at radius 1 is 1.44 bits per heavy atom. The van der Waals surface area contributed by atoms with E-state index in [2.05, 4.69) is 31.5 Å². The number of benzene rings is 1. The molecule has 0 saturated heterocycles. The fraction of sp³-hybridized carbons (Fsp3) is 0.357. The molecule has 2 rings (SSSR count). The summed E-state index contributed by atoms with van der Waals surface area (Å²) < 4.78 is 2.07. The number of nitrogens with zero attached hydrogens (tertiary/aromatic N) is 2. The molecule has 0 aliphatic carbocycles. The van der Waals surface area contributed by atoms with Gasteiger partial charge in [0.05, 0.1) is 0 Å². The van der Waals surface area contributed by atoms with Crippen molar-refractivity contribution in [1.29, 1.82) is 0 Å². The van der Waals surface area contributed by atoms with E-state index in [1.165, 1.54) is 5.56 Å². The number of rotatable bonds is 5. The maximum absolute atomic E-state index is 6.04. The molecule has 0 radical (unpaired) electrons. The maximum Gasteiger partial charge on any atom is 0.108 e. The molecule has 0 spiro atoms. The Balaban J connectivity index is 2.04. The zero-order valence-corrected chi connectivity index (χ0v) is 12.7. The third-order valence-corrected chi connectivity index (χ3v) is 4.16. The SMILES string of the molecule is Cn1ccnc1CCC(CBr)c1cccc(Cl)c1. The first-order valence-corrected chi connectivity index (χ1v) is 7.48. The van der Waals surface area contributed by atoms with Gasteiger partial charge in [0, 0.05) is 36.2 Å². The molecule has 96 valence electrons. The smallest absolute Gasteiger partial charge is 0.108 e. The van der Waals surface area contributed by atoms with Crippen molar-refractivity contribution in [3.63, 3.8) is 0 Å². The Morgan fingerprint density at radius 2 is 2.28 bits per heavy atom. The van der Waals surface area contributed by atoms with Crippen LogP contribution in [0.1, 0.15) is 23.7 Å². The molecule has 1 aromatic carbocycles. The van der Waals surface area contributed by atoms with Crippen LogP contribution in [0.2, 0.25) is 5.02 Å². The molecule has 0 bridgehead atoms. The number of imidazole rings is 1. The molecular formula is C14H16BrClN2. The van der Waals surface area contributed by atoms with E-state index < -0.39 is 0 Å². The van der Waals surface area contributed by atoms with Crippen LogP contribution in [0.15, 0.2) is 36.7 Å². The van der Waals surface area contributed by atoms with Crippen LogP contribution in [0.3, 0.4) is 0 Å². The summed E-state index contributed by atoms with van der Waals surface area (Å²) in [5, 5.41) is 1.74. The van der Waals surface area contributed by atoms with Crippen LogP contribution in [0.4, 0.5) is 0 Å². The van der Waals surface area contributed by atoms with Crippen LogP contribution in [-0.2, 0) is 13.5 Å². The molecule has 1 aromatic heterocycles. The second-order valence-corrected chi connectivity index (χ2v) is 5.48. The first-order chi connectivity index (χ1) is 8.70. The summed E-state index contributed by atoms with van der Waals surface area (Å²) in [5.41, 5.74) is 1.29. The van der Waals surface area contributed by atoms with Gasteiger partial charge in [-0.05, 0) is 30.0 Å². The topological polar surface area (TPSA) is 17.8 Å². The summed E-state index contributed by atoms with van der Waals surface area (Å²) in [5.74, 6) is 1.60. The van der Waals surface area contributed by atoms with Crippen LogP contribution >= 0.6 is 27.5 Å². The monoisotopic (exact) mass is 326 g/mol. The van der Waals surface area contributed by atoms with Gasteiger partial charge in [-0.15, -0.1) is 0 Å². The van der Waals surface area contributed by atoms with E-state index in [1.54, 1.807) is 0 Å². The van der Waals surface area contributed by atoms with E-state index >= 15 is 0 Å². The zero-order chi connectivity index (χ0) is 13.0. The highest BCUT2D eigenvalue weighted by Crippen LogP contribution is 2.25. The Bertz CT molecular complexity index is 510. The van der Waals surface area contributed by atoms with E-state index in [4.69, 9.17) is 11.6 Å². The molecule has 0 N–H and O–H groups in total.